The molecule has 5 nitrogen and oxygen atoms in total. The zero-order valence-corrected chi connectivity index (χ0v) is 14.4. The number of nitrogens with two attached hydrogens (primary N) is 1. The number of hydrogen-bond acceptors (Lipinski definition) is 5. The molecule has 1 aromatic heterocycles. The minimum Gasteiger partial charge on any atom is -0.398 e. The predicted molar refractivity (Wildman–Crippen MR) is 87.8 cm³/mol. The highest BCUT2D eigenvalue weighted by atomic mass is 79.9. The molecule has 0 bridgehead atoms. The van der Waals surface area contributed by atoms with E-state index in [0.717, 1.165) is 9.50 Å². The van der Waals surface area contributed by atoms with Crippen molar-refractivity contribution in [1.29, 1.82) is 0 Å². The lowest BCUT2D eigenvalue weighted by atomic mass is 10.3. The van der Waals surface area contributed by atoms with Crippen molar-refractivity contribution in [2.24, 2.45) is 0 Å². The molecule has 0 aliphatic heterocycles. The maximum Gasteiger partial charge on any atom is 0.240 e. The normalized spacial score (nSPS) is 11.5. The average Bonchev–Trinajstić information content (AvgIpc) is 2.43. The van der Waals surface area contributed by atoms with E-state index in [1.54, 1.807) is 25.3 Å². The highest BCUT2D eigenvalue weighted by Crippen LogP contribution is 2.32. The van der Waals surface area contributed by atoms with Crippen LogP contribution in [0.15, 0.2) is 55.8 Å². The van der Waals surface area contributed by atoms with Crippen molar-refractivity contribution in [2.45, 2.75) is 21.7 Å². The third-order valence-electron chi connectivity index (χ3n) is 2.54. The van der Waals surface area contributed by atoms with E-state index in [9.17, 15) is 8.42 Å². The van der Waals surface area contributed by atoms with Crippen molar-refractivity contribution in [3.63, 3.8) is 0 Å². The molecule has 0 aliphatic rings. The molecule has 0 unspecified atom stereocenters. The lowest BCUT2D eigenvalue weighted by molar-refractivity contribution is 0.583. The second kappa shape index (κ2) is 6.78. The number of hydrogen-bond donors (Lipinski definition) is 2. The van der Waals surface area contributed by atoms with E-state index < -0.39 is 10.0 Å². The molecule has 0 saturated heterocycles. The van der Waals surface area contributed by atoms with Gasteiger partial charge in [-0.2, -0.15) is 0 Å². The Bertz CT molecular complexity index is 734. The van der Waals surface area contributed by atoms with Gasteiger partial charge in [0.2, 0.25) is 10.0 Å². The first-order chi connectivity index (χ1) is 9.92. The van der Waals surface area contributed by atoms with Crippen LogP contribution in [0.25, 0.3) is 0 Å². The van der Waals surface area contributed by atoms with Gasteiger partial charge >= 0.3 is 0 Å². The number of nitrogens with zero attached hydrogens (tertiary/aromatic N) is 1. The molecule has 0 spiro atoms. The van der Waals surface area contributed by atoms with Crippen LogP contribution in [0, 0.1) is 0 Å². The molecule has 112 valence electrons. The minimum atomic E-state index is -3.50. The first-order valence-corrected chi connectivity index (χ1v) is 9.20. The van der Waals surface area contributed by atoms with Gasteiger partial charge in [0, 0.05) is 27.8 Å². The number of aromatic nitrogens is 1. The number of sulfonamides is 1. The van der Waals surface area contributed by atoms with Crippen LogP contribution in [-0.2, 0) is 10.0 Å². The Balaban J connectivity index is 2.33. The molecule has 2 rings (SSSR count). The van der Waals surface area contributed by atoms with E-state index in [4.69, 9.17) is 5.73 Å². The summed E-state index contributed by atoms with van der Waals surface area (Å²) in [6.45, 7) is 2.07. The van der Waals surface area contributed by atoms with Crippen molar-refractivity contribution in [1.82, 2.24) is 9.71 Å². The predicted octanol–water partition coefficient (Wildman–Crippen LogP) is 2.88. The number of halogens is 1. The highest BCUT2D eigenvalue weighted by Gasteiger charge is 2.15. The van der Waals surface area contributed by atoms with Crippen LogP contribution in [0.5, 0.6) is 0 Å². The quantitative estimate of drug-likeness (QED) is 0.770. The lowest BCUT2D eigenvalue weighted by Gasteiger charge is -2.09. The average molecular weight is 388 g/mol. The fourth-order valence-electron chi connectivity index (χ4n) is 1.58. The van der Waals surface area contributed by atoms with Gasteiger partial charge < -0.3 is 5.73 Å². The Kier molecular flexibility index (Phi) is 5.26. The van der Waals surface area contributed by atoms with Crippen LogP contribution in [0.3, 0.4) is 0 Å². The van der Waals surface area contributed by atoms with Crippen molar-refractivity contribution in [2.75, 3.05) is 12.3 Å². The van der Waals surface area contributed by atoms with Gasteiger partial charge in [0.1, 0.15) is 5.03 Å². The van der Waals surface area contributed by atoms with Gasteiger partial charge in [-0.05, 0) is 46.3 Å². The Morgan fingerprint density at radius 3 is 2.71 bits per heavy atom. The fourth-order valence-corrected chi connectivity index (χ4v) is 3.79. The zero-order chi connectivity index (χ0) is 15.5. The van der Waals surface area contributed by atoms with Gasteiger partial charge in [0.25, 0.3) is 0 Å². The van der Waals surface area contributed by atoms with Crippen molar-refractivity contribution >= 4 is 43.4 Å². The number of anilines is 1. The number of nitrogens with one attached hydrogen (secondary N) is 1. The van der Waals surface area contributed by atoms with Gasteiger partial charge in [-0.25, -0.2) is 18.1 Å². The van der Waals surface area contributed by atoms with E-state index in [1.165, 1.54) is 17.8 Å². The summed E-state index contributed by atoms with van der Waals surface area (Å²) in [6.07, 6.45) is 1.68. The summed E-state index contributed by atoms with van der Waals surface area (Å²) >= 11 is 4.64. The van der Waals surface area contributed by atoms with E-state index in [2.05, 4.69) is 25.6 Å². The molecule has 0 fully saturated rings. The summed E-state index contributed by atoms with van der Waals surface area (Å²) < 4.78 is 27.4. The molecule has 0 aliphatic carbocycles. The van der Waals surface area contributed by atoms with Gasteiger partial charge in [0.05, 0.1) is 4.90 Å². The molecule has 0 atom stereocenters. The van der Waals surface area contributed by atoms with E-state index >= 15 is 0 Å². The van der Waals surface area contributed by atoms with Crippen molar-refractivity contribution in [3.05, 3.63) is 41.0 Å². The van der Waals surface area contributed by atoms with Gasteiger partial charge in [-0.15, -0.1) is 0 Å². The third-order valence-corrected chi connectivity index (χ3v) is 5.58. The van der Waals surface area contributed by atoms with E-state index in [-0.39, 0.29) is 4.90 Å². The monoisotopic (exact) mass is 387 g/mol. The molecule has 8 heteroatoms. The van der Waals surface area contributed by atoms with E-state index in [1.807, 2.05) is 12.1 Å². The fraction of sp³-hybridized carbons (Fsp3) is 0.154. The van der Waals surface area contributed by atoms with Gasteiger partial charge in [0.15, 0.2) is 0 Å². The molecule has 0 radical (unpaired) electrons. The molecular formula is C13H14BrN3O2S2. The second-order valence-corrected chi connectivity index (χ2v) is 7.86. The molecule has 3 N–H and O–H groups in total. The first-order valence-electron chi connectivity index (χ1n) is 6.11. The molecule has 2 aromatic rings. The molecule has 1 aromatic carbocycles. The Morgan fingerprint density at radius 2 is 2.10 bits per heavy atom. The molecule has 0 saturated carbocycles. The Labute approximate surface area is 136 Å². The second-order valence-electron chi connectivity index (χ2n) is 4.12. The van der Waals surface area contributed by atoms with Crippen molar-refractivity contribution in [3.8, 4) is 0 Å². The number of pyridine rings is 1. The highest BCUT2D eigenvalue weighted by molar-refractivity contribution is 9.10. The summed E-state index contributed by atoms with van der Waals surface area (Å²) in [5, 5.41) is 0.739. The topological polar surface area (TPSA) is 85.1 Å². The summed E-state index contributed by atoms with van der Waals surface area (Å²) in [7, 11) is -3.50. The first kappa shape index (κ1) is 16.3. The number of benzene rings is 1. The van der Waals surface area contributed by atoms with Crippen LogP contribution in [0.2, 0.25) is 0 Å². The largest absolute Gasteiger partial charge is 0.398 e. The van der Waals surface area contributed by atoms with Gasteiger partial charge in [-0.3, -0.25) is 0 Å². The van der Waals surface area contributed by atoms with Gasteiger partial charge in [-0.1, -0.05) is 18.7 Å². The van der Waals surface area contributed by atoms with Crippen LogP contribution < -0.4 is 10.5 Å². The zero-order valence-electron chi connectivity index (χ0n) is 11.2. The molecule has 1 heterocycles. The summed E-state index contributed by atoms with van der Waals surface area (Å²) in [5.41, 5.74) is 6.43. The summed E-state index contributed by atoms with van der Waals surface area (Å²) in [6, 6.07) is 8.34. The Hall–Kier alpha value is -1.09. The Morgan fingerprint density at radius 1 is 1.33 bits per heavy atom. The molecule has 21 heavy (non-hydrogen) atoms. The minimum absolute atomic E-state index is 0.193. The molecular weight excluding hydrogens is 374 g/mol. The van der Waals surface area contributed by atoms with Crippen LogP contribution in [0.1, 0.15) is 6.92 Å². The molecule has 0 amide bonds. The number of rotatable bonds is 5. The lowest BCUT2D eigenvalue weighted by Crippen LogP contribution is -2.23. The smallest absolute Gasteiger partial charge is 0.240 e. The van der Waals surface area contributed by atoms with E-state index in [0.29, 0.717) is 17.1 Å². The summed E-state index contributed by atoms with van der Waals surface area (Å²) in [4.78, 5) is 5.09. The third kappa shape index (κ3) is 4.19. The number of nitrogen functional groups attached to an aromatic ring is 1. The maximum absolute atomic E-state index is 12.0. The van der Waals surface area contributed by atoms with Crippen LogP contribution in [0.4, 0.5) is 5.69 Å². The van der Waals surface area contributed by atoms with Crippen LogP contribution >= 0.6 is 27.7 Å². The standard InChI is InChI=1S/C13H14BrN3O2S2/c1-2-17-21(18,19)10-4-5-11(15)12(7-10)20-13-6-3-9(14)8-16-13/h3-8,17H,2,15H2,1H3. The van der Waals surface area contributed by atoms with Crippen LogP contribution in [-0.4, -0.2) is 19.9 Å². The van der Waals surface area contributed by atoms with Crippen molar-refractivity contribution < 1.29 is 8.42 Å². The summed E-state index contributed by atoms with van der Waals surface area (Å²) in [5.74, 6) is 0. The SMILES string of the molecule is CCNS(=O)(=O)c1ccc(N)c(Sc2ccc(Br)cn2)c1. The maximum atomic E-state index is 12.0.